The summed E-state index contributed by atoms with van der Waals surface area (Å²) in [6.45, 7) is -11.4. The minimum atomic E-state index is -3.86. The van der Waals surface area contributed by atoms with E-state index in [-0.39, 0.29) is 0 Å². The number of aromatic carboxylic acids is 1. The van der Waals surface area contributed by atoms with Gasteiger partial charge in [-0.2, -0.15) is 0 Å². The number of carboxylic acids is 1. The van der Waals surface area contributed by atoms with Gasteiger partial charge in [0.2, 0.25) is 0 Å². The molecule has 3 aromatic carbocycles. The average Bonchev–Trinajstić information content (AvgIpc) is 2.96. The summed E-state index contributed by atoms with van der Waals surface area (Å²) in [7, 11) is 0. The first-order valence-electron chi connectivity index (χ1n) is 17.1. The van der Waals surface area contributed by atoms with E-state index in [1.807, 2.05) is 0 Å². The molecule has 0 saturated carbocycles. The quantitative estimate of drug-likeness (QED) is 0.404. The van der Waals surface area contributed by atoms with Gasteiger partial charge >= 0.3 is 5.97 Å². The second-order valence-corrected chi connectivity index (χ2v) is 5.35. The third-order valence-corrected chi connectivity index (χ3v) is 3.23. The first-order chi connectivity index (χ1) is 21.6. The van der Waals surface area contributed by atoms with Crippen LogP contribution in [0.15, 0.2) is 72.5 Å². The molecule has 0 aliphatic rings. The molecule has 0 aliphatic heterocycles. The molecule has 0 saturated heterocycles. The lowest BCUT2D eigenvalue weighted by atomic mass is 10.0. The first-order valence-corrected chi connectivity index (χ1v) is 7.97. The number of nitrogens with one attached hydrogen (secondary N) is 2. The number of rotatable bonds is 9. The Labute approximate surface area is 201 Å². The Balaban J connectivity index is 2.20. The van der Waals surface area contributed by atoms with E-state index in [0.29, 0.717) is 0 Å². The third-order valence-electron chi connectivity index (χ3n) is 3.04. The molecular weight excluding hydrogens is 388 g/mol. The number of hydrogen-bond acceptors (Lipinski definition) is 4. The van der Waals surface area contributed by atoms with Crippen molar-refractivity contribution in [3.05, 3.63) is 88.7 Å². The first kappa shape index (κ1) is 7.43. The molecule has 3 rings (SSSR count). The fraction of sp³-hybridized carbons (Fsp3) is 0.174. The minimum absolute atomic E-state index is 0.852. The lowest BCUT2D eigenvalue weighted by Gasteiger charge is -2.13. The van der Waals surface area contributed by atoms with E-state index >= 15 is 0 Å². The normalized spacial score (nSPS) is 23.7. The second kappa shape index (κ2) is 10.1. The molecule has 150 valence electrons. The van der Waals surface area contributed by atoms with E-state index in [1.165, 1.54) is 5.32 Å². The van der Waals surface area contributed by atoms with Gasteiger partial charge in [0.1, 0.15) is 0 Å². The van der Waals surface area contributed by atoms with Crippen LogP contribution in [0.1, 0.15) is 48.0 Å². The minimum Gasteiger partial charge on any atom is -0.478 e. The maximum atomic E-state index is 11.7. The Hall–Kier alpha value is -2.86. The summed E-state index contributed by atoms with van der Waals surface area (Å²) in [5.41, 5.74) is -5.33. The molecule has 0 amide bonds. The van der Waals surface area contributed by atoms with Crippen molar-refractivity contribution in [1.82, 2.24) is 5.32 Å². The SMILES string of the molecule is [2H]c1c([2H])c(NC([2H])([2H])C([2H])([2H])NC([2H])([2H])[C@]([2H])(O)c2c([2H])c([2H])c([2H])c(Cl)c2[2H])c([2H])c(-c2c([2H])c([2H])c([2H])c(C(=O)O)c2[2H])c1[2H]. The zero-order valence-corrected chi connectivity index (χ0v) is 14.9. The Morgan fingerprint density at radius 2 is 1.79 bits per heavy atom. The van der Waals surface area contributed by atoms with Crippen LogP contribution in [0.25, 0.3) is 11.1 Å². The van der Waals surface area contributed by atoms with Crippen molar-refractivity contribution in [2.75, 3.05) is 24.8 Å². The molecule has 3 aromatic rings. The highest BCUT2D eigenvalue weighted by molar-refractivity contribution is 6.30. The van der Waals surface area contributed by atoms with Gasteiger partial charge in [0.25, 0.3) is 0 Å². The topological polar surface area (TPSA) is 81.6 Å². The van der Waals surface area contributed by atoms with Gasteiger partial charge in [0.15, 0.2) is 0 Å². The fourth-order valence-electron chi connectivity index (χ4n) is 1.82. The van der Waals surface area contributed by atoms with Gasteiger partial charge in [-0.05, 0) is 52.9 Å². The van der Waals surface area contributed by atoms with Gasteiger partial charge in [0.05, 0.1) is 32.2 Å². The molecule has 0 fully saturated rings. The summed E-state index contributed by atoms with van der Waals surface area (Å²) in [6.07, 6.45) is -3.86. The van der Waals surface area contributed by atoms with Crippen LogP contribution in [0.3, 0.4) is 0 Å². The second-order valence-electron chi connectivity index (χ2n) is 4.97. The highest BCUT2D eigenvalue weighted by Gasteiger charge is 2.07. The number of aliphatic hydroxyl groups is 1. The number of anilines is 1. The zero-order chi connectivity index (χ0) is 37.4. The molecule has 0 unspecified atom stereocenters. The van der Waals surface area contributed by atoms with Crippen LogP contribution >= 0.6 is 11.6 Å². The Bertz CT molecular complexity index is 1840. The summed E-state index contributed by atoms with van der Waals surface area (Å²) in [6, 6.07) is -12.9. The van der Waals surface area contributed by atoms with Gasteiger partial charge in [-0.15, -0.1) is 0 Å². The van der Waals surface area contributed by atoms with Crippen molar-refractivity contribution in [3.63, 3.8) is 0 Å². The lowest BCUT2D eigenvalue weighted by molar-refractivity contribution is 0.0697. The van der Waals surface area contributed by atoms with E-state index in [4.69, 9.17) is 37.6 Å². The molecule has 0 spiro atoms. The van der Waals surface area contributed by atoms with Gasteiger partial charge in [-0.3, -0.25) is 0 Å². The van der Waals surface area contributed by atoms with Crippen LogP contribution in [0.5, 0.6) is 0 Å². The van der Waals surface area contributed by atoms with Crippen LogP contribution < -0.4 is 10.6 Å². The highest BCUT2D eigenvalue weighted by Crippen LogP contribution is 2.23. The number of hydrogen-bond donors (Lipinski definition) is 4. The van der Waals surface area contributed by atoms with Gasteiger partial charge < -0.3 is 20.8 Å². The summed E-state index contributed by atoms with van der Waals surface area (Å²) in [5.74, 6) is -1.88. The molecular formula is C23H23ClN2O3. The Morgan fingerprint density at radius 3 is 2.59 bits per heavy atom. The standard InChI is InChI=1S/C23H23ClN2O3/c24-20-8-2-6-18(13-20)22(27)15-25-10-11-26-21-9-3-5-17(14-21)16-4-1-7-19(12-16)23(28)29/h1-9,12-14,22,25-27H,10-11,15H2,(H,28,29)/t22-/m0/s1/i1D,2D,3D,4D,5D,6D,7D,8D,9D,10D2,11D2,12D,13D,14D,15D2,22D. The smallest absolute Gasteiger partial charge is 0.335 e. The molecule has 4 N–H and O–H groups in total. The summed E-state index contributed by atoms with van der Waals surface area (Å²) >= 11 is 5.79. The number of carbonyl (C=O) groups is 1. The molecule has 5 nitrogen and oxygen atoms in total. The Morgan fingerprint density at radius 1 is 1.07 bits per heavy atom. The average molecular weight is 430 g/mol. The number of halogens is 1. The summed E-state index contributed by atoms with van der Waals surface area (Å²) in [4.78, 5) is 11.7. The number of carboxylic acid groups (broad SMARTS) is 1. The molecule has 6 heteroatoms. The van der Waals surface area contributed by atoms with Crippen LogP contribution in [0, 0.1) is 0 Å². The predicted molar refractivity (Wildman–Crippen MR) is 117 cm³/mol. The van der Waals surface area contributed by atoms with E-state index < -0.39 is 137 Å². The van der Waals surface area contributed by atoms with Crippen molar-refractivity contribution in [3.8, 4) is 11.1 Å². The van der Waals surface area contributed by atoms with Crippen LogP contribution in [0.2, 0.25) is 5.02 Å². The van der Waals surface area contributed by atoms with Crippen molar-refractivity contribution in [2.24, 2.45) is 0 Å². The van der Waals surface area contributed by atoms with E-state index in [0.717, 1.165) is 0 Å². The molecule has 0 radical (unpaired) electrons. The monoisotopic (exact) mass is 429 g/mol. The molecule has 0 aliphatic carbocycles. The summed E-state index contributed by atoms with van der Waals surface area (Å²) < 4.78 is 155. The van der Waals surface area contributed by atoms with Crippen LogP contribution in [-0.4, -0.2) is 35.7 Å². The van der Waals surface area contributed by atoms with E-state index in [9.17, 15) is 15.0 Å². The van der Waals surface area contributed by atoms with Gasteiger partial charge in [-0.1, -0.05) is 47.9 Å². The van der Waals surface area contributed by atoms with Crippen molar-refractivity contribution < 1.29 is 41.1 Å². The van der Waals surface area contributed by atoms with E-state index in [1.54, 1.807) is 5.32 Å². The lowest BCUT2D eigenvalue weighted by Crippen LogP contribution is -2.26. The molecule has 0 heterocycles. The van der Waals surface area contributed by atoms with Crippen LogP contribution in [0.4, 0.5) is 5.69 Å². The van der Waals surface area contributed by atoms with Crippen molar-refractivity contribution >= 4 is 23.3 Å². The zero-order valence-electron chi connectivity index (χ0n) is 33.2. The fourth-order valence-corrected chi connectivity index (χ4v) is 1.97. The maximum Gasteiger partial charge on any atom is 0.335 e. The molecule has 1 atom stereocenters. The Kier molecular flexibility index (Phi) is 2.58. The van der Waals surface area contributed by atoms with Crippen LogP contribution in [-0.2, 0) is 0 Å². The molecule has 0 aromatic heterocycles. The van der Waals surface area contributed by atoms with Gasteiger partial charge in [-0.25, -0.2) is 4.79 Å². The van der Waals surface area contributed by atoms with E-state index in [2.05, 4.69) is 0 Å². The van der Waals surface area contributed by atoms with Gasteiger partial charge in [0, 0.05) is 35.7 Å². The van der Waals surface area contributed by atoms with Crippen molar-refractivity contribution in [1.29, 1.82) is 0 Å². The number of benzene rings is 3. The molecule has 29 heavy (non-hydrogen) atoms. The predicted octanol–water partition coefficient (Wildman–Crippen LogP) is 4.44. The third kappa shape index (κ3) is 6.06. The largest absolute Gasteiger partial charge is 0.478 e. The molecule has 0 bridgehead atoms. The highest BCUT2D eigenvalue weighted by atomic mass is 35.5. The maximum absolute atomic E-state index is 11.7. The van der Waals surface area contributed by atoms with Crippen molar-refractivity contribution in [2.45, 2.75) is 6.08 Å². The summed E-state index contributed by atoms with van der Waals surface area (Å²) in [5, 5.41) is 22.7.